The van der Waals surface area contributed by atoms with Crippen LogP contribution in [0.1, 0.15) is 27.0 Å². The van der Waals surface area contributed by atoms with Crippen LogP contribution < -0.4 is 0 Å². The monoisotopic (exact) mass is 262 g/mol. The lowest BCUT2D eigenvalue weighted by Crippen LogP contribution is -2.05. The van der Waals surface area contributed by atoms with Crippen molar-refractivity contribution in [1.29, 1.82) is 0 Å². The highest BCUT2D eigenvalue weighted by Gasteiger charge is 2.14. The lowest BCUT2D eigenvalue weighted by atomic mass is 9.96. The van der Waals surface area contributed by atoms with Crippen LogP contribution in [0.25, 0.3) is 0 Å². The number of benzene rings is 2. The van der Waals surface area contributed by atoms with Crippen LogP contribution in [-0.2, 0) is 0 Å². The van der Waals surface area contributed by atoms with Crippen molar-refractivity contribution in [3.8, 4) is 0 Å². The van der Waals surface area contributed by atoms with Crippen molar-refractivity contribution < 1.29 is 9.18 Å². The van der Waals surface area contributed by atoms with Gasteiger partial charge in [-0.1, -0.05) is 29.8 Å². The zero-order valence-electron chi connectivity index (χ0n) is 10.1. The van der Waals surface area contributed by atoms with Crippen molar-refractivity contribution in [2.75, 3.05) is 0 Å². The minimum Gasteiger partial charge on any atom is -0.289 e. The number of halogens is 2. The van der Waals surface area contributed by atoms with Gasteiger partial charge in [0.2, 0.25) is 0 Å². The first kappa shape index (κ1) is 12.8. The Balaban J connectivity index is 2.51. The topological polar surface area (TPSA) is 17.1 Å². The molecule has 0 bridgehead atoms. The van der Waals surface area contributed by atoms with Crippen molar-refractivity contribution in [1.82, 2.24) is 0 Å². The fourth-order valence-electron chi connectivity index (χ4n) is 1.84. The molecule has 2 aromatic carbocycles. The maximum absolute atomic E-state index is 13.2. The van der Waals surface area contributed by atoms with Crippen LogP contribution in [0.4, 0.5) is 4.39 Å². The highest BCUT2D eigenvalue weighted by Crippen LogP contribution is 2.20. The fourth-order valence-corrected chi connectivity index (χ4v) is 2.06. The molecule has 0 heterocycles. The van der Waals surface area contributed by atoms with Gasteiger partial charge in [-0.05, 0) is 43.2 Å². The van der Waals surface area contributed by atoms with E-state index in [0.717, 1.165) is 11.1 Å². The minimum absolute atomic E-state index is 0.211. The second-order valence-electron chi connectivity index (χ2n) is 4.23. The maximum Gasteiger partial charge on any atom is 0.193 e. The first-order valence-electron chi connectivity index (χ1n) is 5.56. The molecule has 2 aromatic rings. The molecule has 0 spiro atoms. The summed E-state index contributed by atoms with van der Waals surface area (Å²) in [5, 5.41) is 0.226. The van der Waals surface area contributed by atoms with Crippen LogP contribution in [0.5, 0.6) is 0 Å². The van der Waals surface area contributed by atoms with E-state index in [9.17, 15) is 9.18 Å². The maximum atomic E-state index is 13.2. The van der Waals surface area contributed by atoms with E-state index in [1.807, 2.05) is 26.0 Å². The van der Waals surface area contributed by atoms with Crippen LogP contribution in [0.15, 0.2) is 36.4 Å². The summed E-state index contributed by atoms with van der Waals surface area (Å²) in [7, 11) is 0. The summed E-state index contributed by atoms with van der Waals surface area (Å²) in [6.45, 7) is 3.81. The molecular weight excluding hydrogens is 251 g/mol. The van der Waals surface area contributed by atoms with E-state index in [1.165, 1.54) is 18.2 Å². The molecule has 18 heavy (non-hydrogen) atoms. The lowest BCUT2D eigenvalue weighted by Gasteiger charge is -2.08. The summed E-state index contributed by atoms with van der Waals surface area (Å²) in [5.41, 5.74) is 2.79. The Hall–Kier alpha value is -1.67. The van der Waals surface area contributed by atoms with Crippen LogP contribution in [0.3, 0.4) is 0 Å². The van der Waals surface area contributed by atoms with E-state index in [-0.39, 0.29) is 16.4 Å². The van der Waals surface area contributed by atoms with Gasteiger partial charge in [0.15, 0.2) is 5.78 Å². The van der Waals surface area contributed by atoms with Crippen molar-refractivity contribution in [3.63, 3.8) is 0 Å². The summed E-state index contributed by atoms with van der Waals surface area (Å²) in [5.74, 6) is -0.714. The zero-order valence-corrected chi connectivity index (χ0v) is 10.9. The minimum atomic E-state index is -0.504. The third-order valence-corrected chi connectivity index (χ3v) is 3.19. The summed E-state index contributed by atoms with van der Waals surface area (Å²) in [4.78, 5) is 12.3. The summed E-state index contributed by atoms with van der Waals surface area (Å²) in [6.07, 6.45) is 0. The van der Waals surface area contributed by atoms with Gasteiger partial charge in [0.25, 0.3) is 0 Å². The molecule has 0 aliphatic heterocycles. The Labute approximate surface area is 110 Å². The summed E-state index contributed by atoms with van der Waals surface area (Å²) >= 11 is 5.76. The van der Waals surface area contributed by atoms with Gasteiger partial charge in [-0.25, -0.2) is 4.39 Å². The van der Waals surface area contributed by atoms with Crippen molar-refractivity contribution in [3.05, 3.63) is 69.5 Å². The quantitative estimate of drug-likeness (QED) is 0.737. The summed E-state index contributed by atoms with van der Waals surface area (Å²) in [6, 6.07) is 9.36. The molecular formula is C15H12ClFO. The van der Waals surface area contributed by atoms with Crippen LogP contribution in [-0.4, -0.2) is 5.78 Å². The van der Waals surface area contributed by atoms with Gasteiger partial charge in [0.05, 0.1) is 0 Å². The predicted octanol–water partition coefficient (Wildman–Crippen LogP) is 4.33. The van der Waals surface area contributed by atoms with Crippen LogP contribution >= 0.6 is 11.6 Å². The summed E-state index contributed by atoms with van der Waals surface area (Å²) < 4.78 is 13.2. The molecule has 0 saturated carbocycles. The fraction of sp³-hybridized carbons (Fsp3) is 0.133. The molecule has 3 heteroatoms. The van der Waals surface area contributed by atoms with E-state index in [0.29, 0.717) is 5.56 Å². The van der Waals surface area contributed by atoms with E-state index in [2.05, 4.69) is 0 Å². The Bertz CT molecular complexity index is 600. The second-order valence-corrected chi connectivity index (χ2v) is 4.67. The van der Waals surface area contributed by atoms with E-state index in [1.54, 1.807) is 6.07 Å². The number of hydrogen-bond donors (Lipinski definition) is 0. The van der Waals surface area contributed by atoms with Crippen molar-refractivity contribution in [2.24, 2.45) is 0 Å². The molecule has 0 atom stereocenters. The molecule has 1 nitrogen and oxygen atoms in total. The molecule has 0 aromatic heterocycles. The Kier molecular flexibility index (Phi) is 3.48. The molecule has 0 aliphatic rings. The normalized spacial score (nSPS) is 10.4. The molecule has 92 valence electrons. The Morgan fingerprint density at radius 1 is 1.17 bits per heavy atom. The van der Waals surface area contributed by atoms with Crippen LogP contribution in [0.2, 0.25) is 5.02 Å². The van der Waals surface area contributed by atoms with Gasteiger partial charge in [0.1, 0.15) is 5.82 Å². The Morgan fingerprint density at radius 3 is 2.56 bits per heavy atom. The van der Waals surface area contributed by atoms with Gasteiger partial charge in [-0.15, -0.1) is 0 Å². The first-order valence-corrected chi connectivity index (χ1v) is 5.94. The predicted molar refractivity (Wildman–Crippen MR) is 70.8 cm³/mol. The van der Waals surface area contributed by atoms with Gasteiger partial charge in [-0.3, -0.25) is 4.79 Å². The molecule has 0 fully saturated rings. The number of rotatable bonds is 2. The molecule has 0 amide bonds. The van der Waals surface area contributed by atoms with Crippen molar-refractivity contribution >= 4 is 17.4 Å². The third-order valence-electron chi connectivity index (χ3n) is 2.97. The molecule has 0 aliphatic carbocycles. The molecule has 0 N–H and O–H groups in total. The average molecular weight is 263 g/mol. The lowest BCUT2D eigenvalue weighted by molar-refractivity contribution is 0.103. The third kappa shape index (κ3) is 2.44. The largest absolute Gasteiger partial charge is 0.289 e. The van der Waals surface area contributed by atoms with Gasteiger partial charge in [0, 0.05) is 16.1 Å². The Morgan fingerprint density at radius 2 is 1.89 bits per heavy atom. The van der Waals surface area contributed by atoms with E-state index in [4.69, 9.17) is 11.6 Å². The number of carbonyl (C=O) groups is 1. The number of carbonyl (C=O) groups excluding carboxylic acids is 1. The SMILES string of the molecule is Cc1cccc(C(=O)c2cc(F)cc(Cl)c2)c1C. The molecule has 0 unspecified atom stereocenters. The molecule has 0 saturated heterocycles. The first-order chi connectivity index (χ1) is 8.49. The highest BCUT2D eigenvalue weighted by atomic mass is 35.5. The van der Waals surface area contributed by atoms with Crippen LogP contribution in [0, 0.1) is 19.7 Å². The average Bonchev–Trinajstić information content (AvgIpc) is 2.30. The number of hydrogen-bond acceptors (Lipinski definition) is 1. The number of ketones is 1. The standard InChI is InChI=1S/C15H12ClFO/c1-9-4-3-5-14(10(9)2)15(18)11-6-12(16)8-13(17)7-11/h3-8H,1-2H3. The smallest absolute Gasteiger partial charge is 0.193 e. The molecule has 2 rings (SSSR count). The van der Waals surface area contributed by atoms with E-state index < -0.39 is 5.82 Å². The molecule has 0 radical (unpaired) electrons. The van der Waals surface area contributed by atoms with Gasteiger partial charge in [-0.2, -0.15) is 0 Å². The van der Waals surface area contributed by atoms with Gasteiger partial charge < -0.3 is 0 Å². The van der Waals surface area contributed by atoms with E-state index >= 15 is 0 Å². The zero-order chi connectivity index (χ0) is 13.3. The number of aryl methyl sites for hydroxylation is 1. The highest BCUT2D eigenvalue weighted by molar-refractivity contribution is 6.31. The van der Waals surface area contributed by atoms with Crippen molar-refractivity contribution in [2.45, 2.75) is 13.8 Å². The second kappa shape index (κ2) is 4.91. The van der Waals surface area contributed by atoms with Gasteiger partial charge >= 0.3 is 0 Å².